The first-order valence-corrected chi connectivity index (χ1v) is 7.10. The second kappa shape index (κ2) is 6.05. The summed E-state index contributed by atoms with van der Waals surface area (Å²) >= 11 is 0. The average Bonchev–Trinajstić information content (AvgIpc) is 3.24. The van der Waals surface area contributed by atoms with Gasteiger partial charge >= 0.3 is 0 Å². The minimum absolute atomic E-state index is 0.0471. The molecule has 22 heavy (non-hydrogen) atoms. The number of benzene rings is 1. The van der Waals surface area contributed by atoms with E-state index in [2.05, 4.69) is 10.2 Å². The number of rotatable bonds is 4. The van der Waals surface area contributed by atoms with Gasteiger partial charge in [-0.3, -0.25) is 4.79 Å². The van der Waals surface area contributed by atoms with Crippen molar-refractivity contribution in [1.82, 2.24) is 19.9 Å². The third-order valence-corrected chi connectivity index (χ3v) is 3.85. The molecule has 1 aromatic carbocycles. The van der Waals surface area contributed by atoms with Gasteiger partial charge in [0.25, 0.3) is 5.91 Å². The van der Waals surface area contributed by atoms with Crippen molar-refractivity contribution in [2.75, 3.05) is 27.3 Å². The summed E-state index contributed by atoms with van der Waals surface area (Å²) in [6.45, 7) is 1.28. The summed E-state index contributed by atoms with van der Waals surface area (Å²) in [4.78, 5) is 16.2. The van der Waals surface area contributed by atoms with E-state index in [0.717, 1.165) is 6.42 Å². The summed E-state index contributed by atoms with van der Waals surface area (Å²) in [6.07, 6.45) is 4.15. The molecule has 0 radical (unpaired) electrons. The second-order valence-corrected chi connectivity index (χ2v) is 5.11. The lowest BCUT2D eigenvalue weighted by Crippen LogP contribution is -2.29. The quantitative estimate of drug-likeness (QED) is 0.853. The maximum absolute atomic E-state index is 12.7. The van der Waals surface area contributed by atoms with Gasteiger partial charge in [0.15, 0.2) is 0 Å². The molecule has 116 valence electrons. The van der Waals surface area contributed by atoms with Crippen LogP contribution in [0.3, 0.4) is 0 Å². The number of likely N-dealkylation sites (tertiary alicyclic amines) is 1. The summed E-state index contributed by atoms with van der Waals surface area (Å²) < 4.78 is 10.5. The number of hydrogen-bond acceptors (Lipinski definition) is 5. The lowest BCUT2D eigenvalue weighted by molar-refractivity contribution is 0.0782. The van der Waals surface area contributed by atoms with Crippen LogP contribution >= 0.6 is 0 Å². The summed E-state index contributed by atoms with van der Waals surface area (Å²) in [5.41, 5.74) is 0.539. The summed E-state index contributed by atoms with van der Waals surface area (Å²) in [5.74, 6) is 1.13. The fourth-order valence-electron chi connectivity index (χ4n) is 2.67. The van der Waals surface area contributed by atoms with E-state index in [4.69, 9.17) is 9.47 Å². The fraction of sp³-hybridized carbons (Fsp3) is 0.400. The molecule has 1 saturated heterocycles. The van der Waals surface area contributed by atoms with Crippen LogP contribution in [0.1, 0.15) is 22.8 Å². The predicted octanol–water partition coefficient (Wildman–Crippen LogP) is 1.38. The third kappa shape index (κ3) is 2.61. The molecule has 1 fully saturated rings. The molecule has 0 bridgehead atoms. The molecule has 7 heteroatoms. The van der Waals surface area contributed by atoms with Crippen molar-refractivity contribution in [3.8, 4) is 11.5 Å². The maximum atomic E-state index is 12.7. The van der Waals surface area contributed by atoms with E-state index in [-0.39, 0.29) is 11.9 Å². The number of amides is 1. The first-order chi connectivity index (χ1) is 10.7. The van der Waals surface area contributed by atoms with E-state index in [0.29, 0.717) is 30.2 Å². The molecule has 2 heterocycles. The zero-order valence-corrected chi connectivity index (χ0v) is 12.6. The minimum atomic E-state index is -0.0471. The zero-order valence-electron chi connectivity index (χ0n) is 12.6. The Morgan fingerprint density at radius 3 is 2.68 bits per heavy atom. The lowest BCUT2D eigenvalue weighted by Gasteiger charge is -2.18. The highest BCUT2D eigenvalue weighted by Crippen LogP contribution is 2.28. The molecule has 1 amide bonds. The Balaban J connectivity index is 1.77. The Labute approximate surface area is 128 Å². The van der Waals surface area contributed by atoms with Crippen LogP contribution in [-0.4, -0.2) is 53.1 Å². The van der Waals surface area contributed by atoms with Crippen LogP contribution in [0.2, 0.25) is 0 Å². The van der Waals surface area contributed by atoms with Gasteiger partial charge in [-0.05, 0) is 18.6 Å². The van der Waals surface area contributed by atoms with E-state index in [9.17, 15) is 4.79 Å². The molecule has 1 aliphatic rings. The van der Waals surface area contributed by atoms with E-state index < -0.39 is 0 Å². The van der Waals surface area contributed by atoms with Gasteiger partial charge in [-0.25, -0.2) is 0 Å². The van der Waals surface area contributed by atoms with Crippen molar-refractivity contribution in [3.05, 3.63) is 36.2 Å². The average molecular weight is 302 g/mol. The Morgan fingerprint density at radius 1 is 1.23 bits per heavy atom. The van der Waals surface area contributed by atoms with E-state index in [1.807, 2.05) is 0 Å². The van der Waals surface area contributed by atoms with E-state index in [1.165, 1.54) is 0 Å². The minimum Gasteiger partial charge on any atom is -0.497 e. The molecule has 3 rings (SSSR count). The molecule has 1 aromatic heterocycles. The number of methoxy groups -OCH3 is 2. The molecule has 0 saturated carbocycles. The summed E-state index contributed by atoms with van der Waals surface area (Å²) in [6, 6.07) is 5.34. The predicted molar refractivity (Wildman–Crippen MR) is 79.1 cm³/mol. The summed E-state index contributed by atoms with van der Waals surface area (Å²) in [7, 11) is 3.13. The van der Waals surface area contributed by atoms with Crippen molar-refractivity contribution in [2.24, 2.45) is 0 Å². The smallest absolute Gasteiger partial charge is 0.257 e. The molecule has 1 unspecified atom stereocenters. The number of carbonyl (C=O) groups is 1. The molecular formula is C15H18N4O3. The first kappa shape index (κ1) is 14.4. The van der Waals surface area contributed by atoms with Gasteiger partial charge in [0.1, 0.15) is 11.5 Å². The van der Waals surface area contributed by atoms with Crippen molar-refractivity contribution in [2.45, 2.75) is 12.5 Å². The maximum Gasteiger partial charge on any atom is 0.257 e. The topological polar surface area (TPSA) is 69.5 Å². The van der Waals surface area contributed by atoms with Gasteiger partial charge in [-0.15, -0.1) is 0 Å². The van der Waals surface area contributed by atoms with Crippen LogP contribution in [-0.2, 0) is 0 Å². The zero-order chi connectivity index (χ0) is 15.5. The van der Waals surface area contributed by atoms with Crippen molar-refractivity contribution < 1.29 is 14.3 Å². The Morgan fingerprint density at radius 2 is 2.00 bits per heavy atom. The fourth-order valence-corrected chi connectivity index (χ4v) is 2.67. The molecule has 1 aliphatic heterocycles. The number of hydrogen-bond donors (Lipinski definition) is 0. The Bertz CT molecular complexity index is 657. The van der Waals surface area contributed by atoms with Crippen LogP contribution in [0, 0.1) is 0 Å². The van der Waals surface area contributed by atoms with Gasteiger partial charge in [-0.1, -0.05) is 0 Å². The van der Waals surface area contributed by atoms with Gasteiger partial charge in [0, 0.05) is 19.2 Å². The molecule has 0 aliphatic carbocycles. The van der Waals surface area contributed by atoms with Crippen molar-refractivity contribution >= 4 is 5.91 Å². The standard InChI is InChI=1S/C15H18N4O3/c1-21-12-3-4-13(14(9-12)22-2)15(20)18-8-5-11(10-18)19-16-6-7-17-19/h3-4,6-7,9,11H,5,8,10H2,1-2H3. The molecule has 7 nitrogen and oxygen atoms in total. The number of nitrogens with zero attached hydrogens (tertiary/aromatic N) is 4. The molecule has 2 aromatic rings. The van der Waals surface area contributed by atoms with Crippen LogP contribution in [0.15, 0.2) is 30.6 Å². The molecule has 0 spiro atoms. The highest BCUT2D eigenvalue weighted by Gasteiger charge is 2.30. The summed E-state index contributed by atoms with van der Waals surface area (Å²) in [5, 5.41) is 8.30. The lowest BCUT2D eigenvalue weighted by atomic mass is 10.1. The number of ether oxygens (including phenoxy) is 2. The Kier molecular flexibility index (Phi) is 3.95. The van der Waals surface area contributed by atoms with Crippen LogP contribution in [0.5, 0.6) is 11.5 Å². The van der Waals surface area contributed by atoms with Gasteiger partial charge < -0.3 is 14.4 Å². The highest BCUT2D eigenvalue weighted by atomic mass is 16.5. The van der Waals surface area contributed by atoms with E-state index in [1.54, 1.807) is 54.5 Å². The largest absolute Gasteiger partial charge is 0.497 e. The number of aromatic nitrogens is 3. The van der Waals surface area contributed by atoms with Crippen molar-refractivity contribution in [3.63, 3.8) is 0 Å². The van der Waals surface area contributed by atoms with Crippen LogP contribution in [0.4, 0.5) is 0 Å². The molecule has 0 N–H and O–H groups in total. The first-order valence-electron chi connectivity index (χ1n) is 7.10. The van der Waals surface area contributed by atoms with Gasteiger partial charge in [0.2, 0.25) is 0 Å². The second-order valence-electron chi connectivity index (χ2n) is 5.11. The highest BCUT2D eigenvalue weighted by molar-refractivity contribution is 5.97. The van der Waals surface area contributed by atoms with Crippen LogP contribution in [0.25, 0.3) is 0 Å². The normalized spacial score (nSPS) is 17.5. The Hall–Kier alpha value is -2.57. The van der Waals surface area contributed by atoms with Gasteiger partial charge in [0.05, 0.1) is 38.2 Å². The number of carbonyl (C=O) groups excluding carboxylic acids is 1. The van der Waals surface area contributed by atoms with Gasteiger partial charge in [-0.2, -0.15) is 15.0 Å². The monoisotopic (exact) mass is 302 g/mol. The SMILES string of the molecule is COc1ccc(C(=O)N2CCC(n3nccn3)C2)c(OC)c1. The third-order valence-electron chi connectivity index (χ3n) is 3.85. The molecule has 1 atom stereocenters. The molecular weight excluding hydrogens is 284 g/mol. The van der Waals surface area contributed by atoms with E-state index >= 15 is 0 Å². The van der Waals surface area contributed by atoms with Crippen LogP contribution < -0.4 is 9.47 Å². The van der Waals surface area contributed by atoms with Crippen molar-refractivity contribution in [1.29, 1.82) is 0 Å².